The van der Waals surface area contributed by atoms with Crippen LogP contribution in [0.25, 0.3) is 5.65 Å². The molecule has 2 rings (SSSR count). The number of esters is 1. The van der Waals surface area contributed by atoms with Crippen LogP contribution in [0.2, 0.25) is 0 Å². The molecule has 0 radical (unpaired) electrons. The van der Waals surface area contributed by atoms with E-state index in [0.29, 0.717) is 28.4 Å². The minimum absolute atomic E-state index is 0.163. The summed E-state index contributed by atoms with van der Waals surface area (Å²) in [7, 11) is 1.77. The average molecular weight is 313 g/mol. The molecule has 0 fully saturated rings. The summed E-state index contributed by atoms with van der Waals surface area (Å²) in [5.74, 6) is 0.374. The fraction of sp³-hybridized carbons (Fsp3) is 0.364. The van der Waals surface area contributed by atoms with Gasteiger partial charge in [-0.1, -0.05) is 0 Å². The van der Waals surface area contributed by atoms with Gasteiger partial charge in [-0.15, -0.1) is 0 Å². The van der Waals surface area contributed by atoms with Gasteiger partial charge >= 0.3 is 5.97 Å². The molecule has 18 heavy (non-hydrogen) atoms. The average Bonchev–Trinajstić information content (AvgIpc) is 2.70. The van der Waals surface area contributed by atoms with Crippen molar-refractivity contribution in [2.45, 2.75) is 13.3 Å². The second kappa shape index (κ2) is 5.34. The van der Waals surface area contributed by atoms with Gasteiger partial charge in [0.25, 0.3) is 0 Å². The van der Waals surface area contributed by atoms with Gasteiger partial charge in [-0.25, -0.2) is 9.97 Å². The van der Waals surface area contributed by atoms with Crippen molar-refractivity contribution >= 4 is 33.4 Å². The Balaban J connectivity index is 2.35. The Morgan fingerprint density at radius 1 is 1.50 bits per heavy atom. The van der Waals surface area contributed by atoms with Crippen LogP contribution in [0.15, 0.2) is 17.0 Å². The number of nitrogens with zero attached hydrogens (tertiary/aromatic N) is 3. The zero-order valence-electron chi connectivity index (χ0n) is 10.1. The minimum atomic E-state index is -0.279. The molecule has 0 amide bonds. The van der Waals surface area contributed by atoms with E-state index in [1.807, 2.05) is 4.40 Å². The highest BCUT2D eigenvalue weighted by atomic mass is 79.9. The van der Waals surface area contributed by atoms with Gasteiger partial charge in [0.1, 0.15) is 4.60 Å². The predicted molar refractivity (Wildman–Crippen MR) is 70.6 cm³/mol. The molecule has 0 aliphatic heterocycles. The highest BCUT2D eigenvalue weighted by Gasteiger charge is 2.11. The van der Waals surface area contributed by atoms with Crippen molar-refractivity contribution in [1.29, 1.82) is 0 Å². The van der Waals surface area contributed by atoms with Crippen molar-refractivity contribution in [3.8, 4) is 0 Å². The monoisotopic (exact) mass is 312 g/mol. The first kappa shape index (κ1) is 12.8. The summed E-state index contributed by atoms with van der Waals surface area (Å²) in [5.41, 5.74) is 1.34. The molecule has 0 bridgehead atoms. The topological polar surface area (TPSA) is 68.5 Å². The number of hydrogen-bond donors (Lipinski definition) is 1. The third-order valence-corrected chi connectivity index (χ3v) is 2.71. The van der Waals surface area contributed by atoms with Crippen molar-refractivity contribution in [1.82, 2.24) is 14.4 Å². The number of halogens is 1. The maximum absolute atomic E-state index is 11.4. The third kappa shape index (κ3) is 2.61. The zero-order chi connectivity index (χ0) is 13.1. The van der Waals surface area contributed by atoms with Crippen LogP contribution in [-0.2, 0) is 16.0 Å². The highest BCUT2D eigenvalue weighted by molar-refractivity contribution is 9.10. The number of carbonyl (C=O) groups is 1. The summed E-state index contributed by atoms with van der Waals surface area (Å²) in [6.45, 7) is 2.16. The molecule has 0 spiro atoms. The van der Waals surface area contributed by atoms with Gasteiger partial charge in [0.05, 0.1) is 18.7 Å². The normalized spacial score (nSPS) is 10.6. The third-order valence-electron chi connectivity index (χ3n) is 2.33. The van der Waals surface area contributed by atoms with Crippen LogP contribution in [0.5, 0.6) is 0 Å². The fourth-order valence-electron chi connectivity index (χ4n) is 1.63. The Bertz CT molecular complexity index is 582. The summed E-state index contributed by atoms with van der Waals surface area (Å²) < 4.78 is 7.40. The van der Waals surface area contributed by atoms with Crippen LogP contribution in [0, 0.1) is 0 Å². The van der Waals surface area contributed by atoms with Crippen molar-refractivity contribution in [3.63, 3.8) is 0 Å². The second-order valence-electron chi connectivity index (χ2n) is 3.61. The lowest BCUT2D eigenvalue weighted by molar-refractivity contribution is -0.142. The highest BCUT2D eigenvalue weighted by Crippen LogP contribution is 2.18. The number of imidazole rings is 1. The van der Waals surface area contributed by atoms with Gasteiger partial charge in [-0.2, -0.15) is 0 Å². The van der Waals surface area contributed by atoms with Crippen molar-refractivity contribution in [3.05, 3.63) is 22.7 Å². The lowest BCUT2D eigenvalue weighted by atomic mass is 10.3. The Labute approximate surface area is 113 Å². The van der Waals surface area contributed by atoms with E-state index in [2.05, 4.69) is 31.2 Å². The number of carbonyl (C=O) groups excluding carboxylic acids is 1. The molecule has 0 aromatic carbocycles. The Hall–Kier alpha value is -1.63. The van der Waals surface area contributed by atoms with Gasteiger partial charge < -0.3 is 14.5 Å². The maximum atomic E-state index is 11.4. The zero-order valence-corrected chi connectivity index (χ0v) is 11.7. The number of fused-ring (bicyclic) bond motifs is 1. The molecule has 2 aromatic rings. The molecule has 1 N–H and O–H groups in total. The summed E-state index contributed by atoms with van der Waals surface area (Å²) >= 11 is 3.32. The molecule has 0 aliphatic carbocycles. The standard InChI is InChI=1S/C11H13BrN4O2/c1-3-18-9(17)4-7-5-16-6-8(12)15-10(13-2)11(16)14-7/h5-6H,3-4H2,1-2H3,(H,13,15). The molecular weight excluding hydrogens is 300 g/mol. The molecule has 0 saturated heterocycles. The molecule has 0 atom stereocenters. The van der Waals surface area contributed by atoms with Crippen LogP contribution in [0.3, 0.4) is 0 Å². The largest absolute Gasteiger partial charge is 0.466 e. The van der Waals surface area contributed by atoms with Gasteiger partial charge in [0.2, 0.25) is 0 Å². The van der Waals surface area contributed by atoms with Gasteiger partial charge in [-0.05, 0) is 22.9 Å². The van der Waals surface area contributed by atoms with E-state index < -0.39 is 0 Å². The predicted octanol–water partition coefficient (Wildman–Crippen LogP) is 1.64. The van der Waals surface area contributed by atoms with Crippen LogP contribution >= 0.6 is 15.9 Å². The molecule has 0 aliphatic rings. The number of nitrogens with one attached hydrogen (secondary N) is 1. The van der Waals surface area contributed by atoms with E-state index in [0.717, 1.165) is 0 Å². The summed E-state index contributed by atoms with van der Waals surface area (Å²) in [6.07, 6.45) is 3.74. The molecule has 2 aromatic heterocycles. The summed E-state index contributed by atoms with van der Waals surface area (Å²) in [6, 6.07) is 0. The van der Waals surface area contributed by atoms with Crippen molar-refractivity contribution in [2.75, 3.05) is 19.0 Å². The second-order valence-corrected chi connectivity index (χ2v) is 4.42. The first-order valence-electron chi connectivity index (χ1n) is 5.51. The lowest BCUT2D eigenvalue weighted by Gasteiger charge is -2.01. The minimum Gasteiger partial charge on any atom is -0.466 e. The number of rotatable bonds is 4. The van der Waals surface area contributed by atoms with Crippen LogP contribution in [0.4, 0.5) is 5.82 Å². The van der Waals surface area contributed by atoms with E-state index in [1.54, 1.807) is 26.4 Å². The number of hydrogen-bond acceptors (Lipinski definition) is 5. The smallest absolute Gasteiger partial charge is 0.311 e. The SMILES string of the molecule is CCOC(=O)Cc1cn2cc(Br)nc(NC)c2n1. The van der Waals surface area contributed by atoms with Crippen LogP contribution in [0.1, 0.15) is 12.6 Å². The van der Waals surface area contributed by atoms with Gasteiger partial charge in [-0.3, -0.25) is 4.79 Å². The molecule has 0 saturated carbocycles. The van der Waals surface area contributed by atoms with E-state index in [4.69, 9.17) is 4.74 Å². The molecule has 96 valence electrons. The molecular formula is C11H13BrN4O2. The van der Waals surface area contributed by atoms with Gasteiger partial charge in [0.15, 0.2) is 11.5 Å². The van der Waals surface area contributed by atoms with Gasteiger partial charge in [0, 0.05) is 19.4 Å². The fourth-order valence-corrected chi connectivity index (χ4v) is 2.03. The van der Waals surface area contributed by atoms with Crippen molar-refractivity contribution in [2.24, 2.45) is 0 Å². The first-order valence-corrected chi connectivity index (χ1v) is 6.30. The number of aromatic nitrogens is 3. The Morgan fingerprint density at radius 3 is 2.94 bits per heavy atom. The molecule has 0 unspecified atom stereocenters. The molecule has 2 heterocycles. The number of anilines is 1. The Morgan fingerprint density at radius 2 is 2.28 bits per heavy atom. The van der Waals surface area contributed by atoms with Crippen molar-refractivity contribution < 1.29 is 9.53 Å². The van der Waals surface area contributed by atoms with E-state index >= 15 is 0 Å². The van der Waals surface area contributed by atoms with Crippen LogP contribution in [-0.4, -0.2) is 34.0 Å². The Kier molecular flexibility index (Phi) is 3.81. The van der Waals surface area contributed by atoms with E-state index in [9.17, 15) is 4.79 Å². The van der Waals surface area contributed by atoms with Crippen LogP contribution < -0.4 is 5.32 Å². The number of ether oxygens (including phenoxy) is 1. The van der Waals surface area contributed by atoms with E-state index in [1.165, 1.54) is 0 Å². The quantitative estimate of drug-likeness (QED) is 0.869. The van der Waals surface area contributed by atoms with E-state index in [-0.39, 0.29) is 12.4 Å². The maximum Gasteiger partial charge on any atom is 0.311 e. The summed E-state index contributed by atoms with van der Waals surface area (Å²) in [5, 5.41) is 2.96. The lowest BCUT2D eigenvalue weighted by Crippen LogP contribution is -2.07. The molecule has 7 heteroatoms. The summed E-state index contributed by atoms with van der Waals surface area (Å²) in [4.78, 5) is 20.0. The first-order chi connectivity index (χ1) is 8.63. The molecule has 6 nitrogen and oxygen atoms in total.